The third-order valence-corrected chi connectivity index (χ3v) is 5.99. The molecule has 0 bridgehead atoms. The molecule has 14 heteroatoms. The molecule has 1 aliphatic rings. The quantitative estimate of drug-likeness (QED) is 0.152. The van der Waals surface area contributed by atoms with Crippen LogP contribution in [0.25, 0.3) is 0 Å². The lowest BCUT2D eigenvalue weighted by Gasteiger charge is -2.39. The Balaban J connectivity index is 1.56. The fourth-order valence-corrected chi connectivity index (χ4v) is 3.75. The molecule has 1 aliphatic heterocycles. The lowest BCUT2D eigenvalue weighted by Crippen LogP contribution is -2.60. The van der Waals surface area contributed by atoms with Gasteiger partial charge in [-0.3, -0.25) is 9.59 Å². The summed E-state index contributed by atoms with van der Waals surface area (Å²) in [5, 5.41) is 68.2. The molecule has 1 fully saturated rings. The molecule has 2 aromatic rings. The number of hydrogen-bond acceptors (Lipinski definition) is 13. The van der Waals surface area contributed by atoms with E-state index in [2.05, 4.69) is 0 Å². The van der Waals surface area contributed by atoms with Crippen LogP contribution < -0.4 is 4.74 Å². The van der Waals surface area contributed by atoms with Gasteiger partial charge in [-0.15, -0.1) is 0 Å². The first-order chi connectivity index (χ1) is 18.9. The van der Waals surface area contributed by atoms with Crippen molar-refractivity contribution in [3.8, 4) is 11.5 Å². The summed E-state index contributed by atoms with van der Waals surface area (Å²) in [6, 6.07) is 11.4. The van der Waals surface area contributed by atoms with E-state index >= 15 is 0 Å². The first-order valence-corrected chi connectivity index (χ1v) is 12.0. The minimum absolute atomic E-state index is 0.00428. The maximum atomic E-state index is 12.6. The Hall–Kier alpha value is -3.79. The summed E-state index contributed by atoms with van der Waals surface area (Å²) >= 11 is 0. The fourth-order valence-electron chi connectivity index (χ4n) is 3.75. The van der Waals surface area contributed by atoms with E-state index < -0.39 is 80.3 Å². The van der Waals surface area contributed by atoms with Crippen LogP contribution in [0.4, 0.5) is 0 Å². The molecule has 1 unspecified atom stereocenters. The van der Waals surface area contributed by atoms with Crippen molar-refractivity contribution in [2.45, 2.75) is 62.4 Å². The van der Waals surface area contributed by atoms with Gasteiger partial charge in [0.1, 0.15) is 49.1 Å². The molecule has 3 rings (SSSR count). The molecule has 218 valence electrons. The van der Waals surface area contributed by atoms with E-state index in [1.807, 2.05) is 0 Å². The molecule has 0 spiro atoms. The minimum Gasteiger partial charge on any atom is -0.508 e. The van der Waals surface area contributed by atoms with Crippen molar-refractivity contribution in [1.29, 1.82) is 0 Å². The number of phenolic OH excluding ortho intramolecular Hbond substituents is 1. The number of esters is 2. The van der Waals surface area contributed by atoms with Crippen LogP contribution in [0.5, 0.6) is 11.5 Å². The summed E-state index contributed by atoms with van der Waals surface area (Å²) in [5.74, 6) is -3.81. The first-order valence-electron chi connectivity index (χ1n) is 12.0. The number of carboxylic acid groups (broad SMARTS) is 1. The number of aromatic hydroxyl groups is 1. The molecule has 0 aromatic heterocycles. The van der Waals surface area contributed by atoms with Gasteiger partial charge in [-0.2, -0.15) is 0 Å². The Labute approximate surface area is 227 Å². The summed E-state index contributed by atoms with van der Waals surface area (Å²) in [4.78, 5) is 36.1. The van der Waals surface area contributed by atoms with E-state index in [-0.39, 0.29) is 18.1 Å². The van der Waals surface area contributed by atoms with Gasteiger partial charge >= 0.3 is 17.9 Å². The Kier molecular flexibility index (Phi) is 10.4. The fraction of sp³-hybridized carbons (Fsp3) is 0.423. The molecular weight excluding hydrogens is 536 g/mol. The van der Waals surface area contributed by atoms with Gasteiger partial charge in [-0.05, 0) is 35.4 Å². The van der Waals surface area contributed by atoms with E-state index in [9.17, 15) is 45.0 Å². The molecule has 0 radical (unpaired) electrons. The Morgan fingerprint density at radius 2 is 1.40 bits per heavy atom. The van der Waals surface area contributed by atoms with Gasteiger partial charge in [0.2, 0.25) is 6.29 Å². The molecule has 7 N–H and O–H groups in total. The largest absolute Gasteiger partial charge is 0.508 e. The average Bonchev–Trinajstić information content (AvgIpc) is 2.92. The second-order valence-electron chi connectivity index (χ2n) is 9.14. The van der Waals surface area contributed by atoms with Crippen LogP contribution in [0.15, 0.2) is 48.5 Å². The van der Waals surface area contributed by atoms with Gasteiger partial charge in [0.25, 0.3) is 0 Å². The van der Waals surface area contributed by atoms with Gasteiger partial charge in [0, 0.05) is 0 Å². The summed E-state index contributed by atoms with van der Waals surface area (Å²) in [6.07, 6.45) is -9.44. The van der Waals surface area contributed by atoms with Crippen molar-refractivity contribution in [2.75, 3.05) is 6.61 Å². The summed E-state index contributed by atoms with van der Waals surface area (Å²) < 4.78 is 20.8. The van der Waals surface area contributed by atoms with Gasteiger partial charge < -0.3 is 54.7 Å². The zero-order chi connectivity index (χ0) is 29.4. The van der Waals surface area contributed by atoms with Gasteiger partial charge in [-0.1, -0.05) is 24.3 Å². The highest BCUT2D eigenvalue weighted by molar-refractivity contribution is 5.89. The molecule has 2 aromatic carbocycles. The number of aliphatic hydroxyl groups excluding tert-OH is 4. The number of carbonyl (C=O) groups excluding carboxylic acids is 2. The minimum atomic E-state index is -2.70. The van der Waals surface area contributed by atoms with Crippen LogP contribution in [0.3, 0.4) is 0 Å². The van der Waals surface area contributed by atoms with Gasteiger partial charge in [0.05, 0.1) is 19.4 Å². The highest BCUT2D eigenvalue weighted by atomic mass is 16.7. The highest BCUT2D eigenvalue weighted by Gasteiger charge is 2.45. The van der Waals surface area contributed by atoms with Gasteiger partial charge in [-0.25, -0.2) is 4.79 Å². The predicted molar refractivity (Wildman–Crippen MR) is 130 cm³/mol. The summed E-state index contributed by atoms with van der Waals surface area (Å²) in [5.41, 5.74) is -1.82. The molecule has 0 aliphatic carbocycles. The molecule has 1 heterocycles. The zero-order valence-electron chi connectivity index (χ0n) is 21.0. The van der Waals surface area contributed by atoms with Crippen LogP contribution in [-0.2, 0) is 41.8 Å². The second-order valence-corrected chi connectivity index (χ2v) is 9.14. The molecule has 40 heavy (non-hydrogen) atoms. The topological polar surface area (TPSA) is 230 Å². The lowest BCUT2D eigenvalue weighted by molar-refractivity contribution is -0.277. The first kappa shape index (κ1) is 30.7. The van der Waals surface area contributed by atoms with Crippen molar-refractivity contribution >= 4 is 17.9 Å². The standard InChI is InChI=1S/C26H30O14/c27-11-18-21(32)22(33)23(34)24(40-18)39-17-7-3-15(4-8-17)13-38-25(35)26(36,9-19(29)30)10-20(31)37-12-14-1-5-16(28)6-2-14/h1-8,18,21-24,27-28,32-34,36H,9-13H2,(H,29,30)/t18-,21-,22+,23-,24-,26?/m1/s1. The van der Waals surface area contributed by atoms with Crippen LogP contribution in [0, 0.1) is 0 Å². The van der Waals surface area contributed by atoms with E-state index in [1.54, 1.807) is 0 Å². The Bertz CT molecular complexity index is 1150. The van der Waals surface area contributed by atoms with E-state index in [1.165, 1.54) is 48.5 Å². The third kappa shape index (κ3) is 8.11. The monoisotopic (exact) mass is 566 g/mol. The van der Waals surface area contributed by atoms with Crippen LogP contribution in [-0.4, -0.2) is 96.6 Å². The van der Waals surface area contributed by atoms with E-state index in [0.29, 0.717) is 11.1 Å². The number of aliphatic carboxylic acids is 1. The van der Waals surface area contributed by atoms with E-state index in [0.717, 1.165) is 0 Å². The maximum absolute atomic E-state index is 12.6. The molecule has 14 nitrogen and oxygen atoms in total. The Morgan fingerprint density at radius 1 is 0.825 bits per heavy atom. The van der Waals surface area contributed by atoms with Crippen LogP contribution in [0.2, 0.25) is 0 Å². The SMILES string of the molecule is O=C(O)CC(O)(CC(=O)OCc1ccc(O)cc1)C(=O)OCc1ccc(O[C@@H]2O[C@H](CO)[C@@H](O)[C@H](O)[C@H]2O)cc1. The number of rotatable bonds is 12. The van der Waals surface area contributed by atoms with Crippen LogP contribution >= 0.6 is 0 Å². The third-order valence-electron chi connectivity index (χ3n) is 5.99. The van der Waals surface area contributed by atoms with E-state index in [4.69, 9.17) is 24.1 Å². The van der Waals surface area contributed by atoms with Gasteiger partial charge in [0.15, 0.2) is 5.60 Å². The van der Waals surface area contributed by atoms with Crippen LogP contribution in [0.1, 0.15) is 24.0 Å². The zero-order valence-corrected chi connectivity index (χ0v) is 21.0. The average molecular weight is 567 g/mol. The van der Waals surface area contributed by atoms with Crippen molar-refractivity contribution < 1.29 is 69.1 Å². The number of carbonyl (C=O) groups is 3. The molecule has 6 atom stereocenters. The molecule has 0 amide bonds. The smallest absolute Gasteiger partial charge is 0.339 e. The number of carboxylic acids is 1. The molecular formula is C26H30O14. The van der Waals surface area contributed by atoms with Crippen molar-refractivity contribution in [3.05, 3.63) is 59.7 Å². The molecule has 1 saturated heterocycles. The van der Waals surface area contributed by atoms with Crippen molar-refractivity contribution in [3.63, 3.8) is 0 Å². The lowest BCUT2D eigenvalue weighted by atomic mass is 9.95. The predicted octanol–water partition coefficient (Wildman–Crippen LogP) is -1.05. The Morgan fingerprint density at radius 3 is 1.98 bits per heavy atom. The second kappa shape index (κ2) is 13.5. The van der Waals surface area contributed by atoms with Crippen molar-refractivity contribution in [1.82, 2.24) is 0 Å². The molecule has 0 saturated carbocycles. The normalized spacial score (nSPS) is 24.0. The highest BCUT2D eigenvalue weighted by Crippen LogP contribution is 2.25. The number of phenols is 1. The van der Waals surface area contributed by atoms with Crippen molar-refractivity contribution in [2.24, 2.45) is 0 Å². The maximum Gasteiger partial charge on any atom is 0.339 e. The summed E-state index contributed by atoms with van der Waals surface area (Å²) in [6.45, 7) is -1.28. The summed E-state index contributed by atoms with van der Waals surface area (Å²) in [7, 11) is 0. The number of hydrogen-bond donors (Lipinski definition) is 7. The number of aliphatic hydroxyl groups is 5. The number of benzene rings is 2. The number of ether oxygens (including phenoxy) is 4.